The maximum Gasteiger partial charge on any atom is 0.144 e. The number of benzene rings is 1. The Labute approximate surface area is 115 Å². The minimum Gasteiger partial charge on any atom is -0.505 e. The molecule has 0 saturated heterocycles. The lowest BCUT2D eigenvalue weighted by molar-refractivity contribution is 0.471. The molecule has 1 aromatic heterocycles. The van der Waals surface area contributed by atoms with Crippen LogP contribution in [0.3, 0.4) is 0 Å². The molecule has 2 nitrogen and oxygen atoms in total. The Morgan fingerprint density at radius 2 is 1.79 bits per heavy atom. The zero-order valence-electron chi connectivity index (χ0n) is 11.7. The van der Waals surface area contributed by atoms with Crippen LogP contribution < -0.4 is 0 Å². The molecule has 0 aliphatic carbocycles. The second kappa shape index (κ2) is 7.13. The fourth-order valence-electron chi connectivity index (χ4n) is 2.47. The van der Waals surface area contributed by atoms with Gasteiger partial charge < -0.3 is 5.11 Å². The van der Waals surface area contributed by atoms with Gasteiger partial charge in [-0.05, 0) is 24.5 Å². The number of aromatic nitrogens is 1. The Kier molecular flexibility index (Phi) is 5.20. The van der Waals surface area contributed by atoms with Crippen molar-refractivity contribution in [1.29, 1.82) is 0 Å². The minimum absolute atomic E-state index is 0.367. The van der Waals surface area contributed by atoms with Crippen molar-refractivity contribution in [2.75, 3.05) is 0 Å². The molecule has 1 heterocycles. The quantitative estimate of drug-likeness (QED) is 0.720. The van der Waals surface area contributed by atoms with Crippen molar-refractivity contribution in [2.45, 2.75) is 51.9 Å². The lowest BCUT2D eigenvalue weighted by Crippen LogP contribution is -1.89. The summed E-state index contributed by atoms with van der Waals surface area (Å²) in [5.74, 6) is 0.367. The number of nitrogens with zero attached hydrogens (tertiary/aromatic N) is 1. The second-order valence-electron chi connectivity index (χ2n) is 5.17. The molecule has 0 bridgehead atoms. The van der Waals surface area contributed by atoms with Crippen LogP contribution in [0.15, 0.2) is 30.5 Å². The number of hydrogen-bond donors (Lipinski definition) is 1. The Balaban J connectivity index is 1.92. The van der Waals surface area contributed by atoms with Crippen LogP contribution in [0.5, 0.6) is 5.75 Å². The maximum atomic E-state index is 10.2. The van der Waals surface area contributed by atoms with Crippen molar-refractivity contribution < 1.29 is 5.11 Å². The summed E-state index contributed by atoms with van der Waals surface area (Å²) in [4.78, 5) is 4.26. The SMILES string of the molecule is CCCCCCCCc1ccc2cccnc2c1O. The highest BCUT2D eigenvalue weighted by atomic mass is 16.3. The summed E-state index contributed by atoms with van der Waals surface area (Å²) in [5, 5.41) is 11.2. The van der Waals surface area contributed by atoms with Crippen LogP contribution in [0, 0.1) is 0 Å². The molecule has 0 aliphatic heterocycles. The van der Waals surface area contributed by atoms with Crippen LogP contribution in [0.1, 0.15) is 51.0 Å². The summed E-state index contributed by atoms with van der Waals surface area (Å²) in [7, 11) is 0. The molecule has 2 heteroatoms. The molecule has 102 valence electrons. The van der Waals surface area contributed by atoms with Crippen molar-refractivity contribution >= 4 is 10.9 Å². The first-order valence-corrected chi connectivity index (χ1v) is 7.38. The maximum absolute atomic E-state index is 10.2. The van der Waals surface area contributed by atoms with E-state index in [0.717, 1.165) is 29.3 Å². The largest absolute Gasteiger partial charge is 0.505 e. The van der Waals surface area contributed by atoms with E-state index in [9.17, 15) is 5.11 Å². The predicted molar refractivity (Wildman–Crippen MR) is 80.5 cm³/mol. The predicted octanol–water partition coefficient (Wildman–Crippen LogP) is 4.84. The van der Waals surface area contributed by atoms with Gasteiger partial charge in [0, 0.05) is 11.6 Å². The minimum atomic E-state index is 0.367. The normalized spacial score (nSPS) is 11.0. The number of hydrogen-bond acceptors (Lipinski definition) is 2. The fraction of sp³-hybridized carbons (Fsp3) is 0.471. The number of unbranched alkanes of at least 4 members (excludes halogenated alkanes) is 5. The van der Waals surface area contributed by atoms with Gasteiger partial charge in [0.2, 0.25) is 0 Å². The topological polar surface area (TPSA) is 33.1 Å². The van der Waals surface area contributed by atoms with Crippen LogP contribution >= 0.6 is 0 Å². The molecule has 2 aromatic rings. The lowest BCUT2D eigenvalue weighted by Gasteiger charge is -2.07. The van der Waals surface area contributed by atoms with Crippen molar-refractivity contribution in [3.63, 3.8) is 0 Å². The molecule has 0 saturated carbocycles. The van der Waals surface area contributed by atoms with E-state index in [1.807, 2.05) is 18.2 Å². The van der Waals surface area contributed by atoms with E-state index in [1.165, 1.54) is 32.1 Å². The van der Waals surface area contributed by atoms with E-state index in [2.05, 4.69) is 18.0 Å². The Morgan fingerprint density at radius 1 is 1.00 bits per heavy atom. The van der Waals surface area contributed by atoms with E-state index in [-0.39, 0.29) is 0 Å². The third-order valence-corrected chi connectivity index (χ3v) is 3.63. The summed E-state index contributed by atoms with van der Waals surface area (Å²) in [5.41, 5.74) is 1.76. The fourth-order valence-corrected chi connectivity index (χ4v) is 2.47. The van der Waals surface area contributed by atoms with Crippen LogP contribution in [-0.4, -0.2) is 10.1 Å². The molecule has 19 heavy (non-hydrogen) atoms. The summed E-state index contributed by atoms with van der Waals surface area (Å²) < 4.78 is 0. The summed E-state index contributed by atoms with van der Waals surface area (Å²) in [6.07, 6.45) is 10.3. The number of aryl methyl sites for hydroxylation is 1. The smallest absolute Gasteiger partial charge is 0.144 e. The number of aromatic hydroxyl groups is 1. The van der Waals surface area contributed by atoms with Gasteiger partial charge in [-0.1, -0.05) is 57.2 Å². The van der Waals surface area contributed by atoms with Gasteiger partial charge in [0.25, 0.3) is 0 Å². The highest BCUT2D eigenvalue weighted by Crippen LogP contribution is 2.28. The molecule has 0 aliphatic rings. The average Bonchev–Trinajstić information content (AvgIpc) is 2.45. The first-order chi connectivity index (χ1) is 9.33. The Hall–Kier alpha value is -1.57. The van der Waals surface area contributed by atoms with Crippen molar-refractivity contribution in [1.82, 2.24) is 4.98 Å². The first-order valence-electron chi connectivity index (χ1n) is 7.38. The van der Waals surface area contributed by atoms with Crippen LogP contribution in [0.25, 0.3) is 10.9 Å². The number of pyridine rings is 1. The van der Waals surface area contributed by atoms with Gasteiger partial charge in [-0.2, -0.15) is 0 Å². The number of phenols is 1. The van der Waals surface area contributed by atoms with Crippen LogP contribution in [0.4, 0.5) is 0 Å². The van der Waals surface area contributed by atoms with Gasteiger partial charge in [-0.25, -0.2) is 0 Å². The van der Waals surface area contributed by atoms with Crippen molar-refractivity contribution in [3.8, 4) is 5.75 Å². The van der Waals surface area contributed by atoms with E-state index < -0.39 is 0 Å². The van der Waals surface area contributed by atoms with Gasteiger partial charge in [-0.3, -0.25) is 4.98 Å². The molecule has 0 amide bonds. The van der Waals surface area contributed by atoms with E-state index in [1.54, 1.807) is 6.20 Å². The molecule has 0 unspecified atom stereocenters. The van der Waals surface area contributed by atoms with Gasteiger partial charge in [0.15, 0.2) is 0 Å². The number of phenolic OH excluding ortho intramolecular Hbond substituents is 1. The standard InChI is InChI=1S/C17H23NO/c1-2-3-4-5-6-7-9-15-12-11-14-10-8-13-18-16(14)17(15)19/h8,10-13,19H,2-7,9H2,1H3. The van der Waals surface area contributed by atoms with E-state index >= 15 is 0 Å². The Bertz CT molecular complexity index is 522. The summed E-state index contributed by atoms with van der Waals surface area (Å²) in [6, 6.07) is 7.96. The summed E-state index contributed by atoms with van der Waals surface area (Å²) >= 11 is 0. The van der Waals surface area contributed by atoms with Crippen LogP contribution in [0.2, 0.25) is 0 Å². The van der Waals surface area contributed by atoms with Gasteiger partial charge in [-0.15, -0.1) is 0 Å². The van der Waals surface area contributed by atoms with Gasteiger partial charge >= 0.3 is 0 Å². The molecule has 1 aromatic carbocycles. The molecule has 0 radical (unpaired) electrons. The highest BCUT2D eigenvalue weighted by molar-refractivity contribution is 5.85. The summed E-state index contributed by atoms with van der Waals surface area (Å²) in [6.45, 7) is 2.24. The number of fused-ring (bicyclic) bond motifs is 1. The lowest BCUT2D eigenvalue weighted by atomic mass is 10.0. The Morgan fingerprint density at radius 3 is 2.63 bits per heavy atom. The third-order valence-electron chi connectivity index (χ3n) is 3.63. The molecule has 0 spiro atoms. The highest BCUT2D eigenvalue weighted by Gasteiger charge is 2.06. The number of rotatable bonds is 7. The zero-order valence-corrected chi connectivity index (χ0v) is 11.7. The first kappa shape index (κ1) is 13.9. The zero-order chi connectivity index (χ0) is 13.5. The van der Waals surface area contributed by atoms with E-state index in [4.69, 9.17) is 0 Å². The van der Waals surface area contributed by atoms with Crippen LogP contribution in [-0.2, 0) is 6.42 Å². The van der Waals surface area contributed by atoms with Crippen molar-refractivity contribution in [2.24, 2.45) is 0 Å². The molecule has 0 fully saturated rings. The van der Waals surface area contributed by atoms with Gasteiger partial charge in [0.05, 0.1) is 0 Å². The van der Waals surface area contributed by atoms with Crippen molar-refractivity contribution in [3.05, 3.63) is 36.0 Å². The second-order valence-corrected chi connectivity index (χ2v) is 5.17. The van der Waals surface area contributed by atoms with Gasteiger partial charge in [0.1, 0.15) is 11.3 Å². The monoisotopic (exact) mass is 257 g/mol. The van der Waals surface area contributed by atoms with E-state index in [0.29, 0.717) is 5.75 Å². The molecular formula is C17H23NO. The molecule has 0 atom stereocenters. The molecular weight excluding hydrogens is 234 g/mol. The third kappa shape index (κ3) is 3.69. The molecule has 1 N–H and O–H groups in total. The average molecular weight is 257 g/mol. The molecule has 2 rings (SSSR count).